The van der Waals surface area contributed by atoms with E-state index in [9.17, 15) is 13.2 Å². The molecule has 1 atom stereocenters. The molecule has 0 unspecified atom stereocenters. The Kier molecular flexibility index (Phi) is 8.13. The summed E-state index contributed by atoms with van der Waals surface area (Å²) >= 11 is 0. The van der Waals surface area contributed by atoms with Crippen LogP contribution >= 0.6 is 0 Å². The molecule has 0 radical (unpaired) electrons. The quantitative estimate of drug-likeness (QED) is 0.701. The van der Waals surface area contributed by atoms with Gasteiger partial charge in [0.1, 0.15) is 11.4 Å². The van der Waals surface area contributed by atoms with Gasteiger partial charge >= 0.3 is 6.09 Å². The van der Waals surface area contributed by atoms with Crippen molar-refractivity contribution in [3.05, 3.63) is 29.8 Å². The lowest BCUT2D eigenvalue weighted by atomic mass is 10.1. The first-order valence-electron chi connectivity index (χ1n) is 10.3. The van der Waals surface area contributed by atoms with Crippen molar-refractivity contribution in [3.63, 3.8) is 0 Å². The number of ether oxygens (including phenoxy) is 2. The summed E-state index contributed by atoms with van der Waals surface area (Å²) in [5.74, 6) is 0.727. The van der Waals surface area contributed by atoms with Crippen molar-refractivity contribution in [2.24, 2.45) is 0 Å². The first-order valence-corrected chi connectivity index (χ1v) is 11.8. The molecule has 8 nitrogen and oxygen atoms in total. The van der Waals surface area contributed by atoms with Gasteiger partial charge in [-0.3, -0.25) is 0 Å². The van der Waals surface area contributed by atoms with Gasteiger partial charge in [0.25, 0.3) is 10.2 Å². The van der Waals surface area contributed by atoms with Crippen molar-refractivity contribution >= 4 is 16.3 Å². The SMILES string of the molecule is CC[C@@H](NS(=O)(=O)N(C)C1CCN(C(=O)OC(C)(C)C)CC1)c1ccc(OC)cc1. The molecule has 1 fully saturated rings. The monoisotopic (exact) mass is 441 g/mol. The Morgan fingerprint density at radius 3 is 2.27 bits per heavy atom. The smallest absolute Gasteiger partial charge is 0.410 e. The van der Waals surface area contributed by atoms with E-state index in [4.69, 9.17) is 9.47 Å². The van der Waals surface area contributed by atoms with Crippen LogP contribution in [0.25, 0.3) is 0 Å². The second-order valence-corrected chi connectivity index (χ2v) is 10.3. The average Bonchev–Trinajstić information content (AvgIpc) is 2.70. The van der Waals surface area contributed by atoms with Gasteiger partial charge in [0.15, 0.2) is 0 Å². The molecule has 170 valence electrons. The van der Waals surface area contributed by atoms with Crippen molar-refractivity contribution in [3.8, 4) is 5.75 Å². The lowest BCUT2D eigenvalue weighted by Crippen LogP contribution is -2.51. The molecule has 0 aliphatic carbocycles. The normalized spacial score (nSPS) is 17.1. The zero-order valence-corrected chi connectivity index (χ0v) is 19.7. The van der Waals surface area contributed by atoms with E-state index in [0.29, 0.717) is 32.4 Å². The van der Waals surface area contributed by atoms with Gasteiger partial charge in [0.2, 0.25) is 0 Å². The Morgan fingerprint density at radius 2 is 1.80 bits per heavy atom. The van der Waals surface area contributed by atoms with Crippen LogP contribution in [0.1, 0.15) is 58.6 Å². The summed E-state index contributed by atoms with van der Waals surface area (Å²) in [6, 6.07) is 6.88. The molecule has 1 aliphatic heterocycles. The maximum atomic E-state index is 13.0. The van der Waals surface area contributed by atoms with Crippen LogP contribution in [-0.4, -0.2) is 62.6 Å². The topological polar surface area (TPSA) is 88.2 Å². The second kappa shape index (κ2) is 9.98. The van der Waals surface area contributed by atoms with Gasteiger partial charge in [-0.2, -0.15) is 17.4 Å². The van der Waals surface area contributed by atoms with E-state index >= 15 is 0 Å². The van der Waals surface area contributed by atoms with Gasteiger partial charge in [-0.15, -0.1) is 0 Å². The van der Waals surface area contributed by atoms with Crippen LogP contribution < -0.4 is 9.46 Å². The highest BCUT2D eigenvalue weighted by Gasteiger charge is 2.33. The van der Waals surface area contributed by atoms with Crippen LogP contribution in [0.4, 0.5) is 4.79 Å². The van der Waals surface area contributed by atoms with Gasteiger partial charge in [-0.05, 0) is 57.7 Å². The molecule has 1 heterocycles. The third-order valence-electron chi connectivity index (χ3n) is 5.23. The fraction of sp³-hybridized carbons (Fsp3) is 0.667. The predicted octanol–water partition coefficient (Wildman–Crippen LogP) is 3.31. The molecule has 1 saturated heterocycles. The summed E-state index contributed by atoms with van der Waals surface area (Å²) < 4.78 is 40.7. The number of piperidine rings is 1. The van der Waals surface area contributed by atoms with E-state index in [2.05, 4.69) is 4.72 Å². The van der Waals surface area contributed by atoms with E-state index in [1.165, 1.54) is 4.31 Å². The number of likely N-dealkylation sites (tertiary alicyclic amines) is 1. The number of hydrogen-bond acceptors (Lipinski definition) is 5. The molecule has 0 saturated carbocycles. The highest BCUT2D eigenvalue weighted by atomic mass is 32.2. The lowest BCUT2D eigenvalue weighted by Gasteiger charge is -2.37. The maximum absolute atomic E-state index is 13.0. The van der Waals surface area contributed by atoms with Crippen LogP contribution in [-0.2, 0) is 14.9 Å². The zero-order valence-electron chi connectivity index (χ0n) is 18.8. The van der Waals surface area contributed by atoms with Gasteiger partial charge in [0.05, 0.1) is 7.11 Å². The minimum Gasteiger partial charge on any atom is -0.497 e. The lowest BCUT2D eigenvalue weighted by molar-refractivity contribution is 0.0183. The largest absolute Gasteiger partial charge is 0.497 e. The summed E-state index contributed by atoms with van der Waals surface area (Å²) in [6.07, 6.45) is 1.40. The Balaban J connectivity index is 1.98. The Hall–Kier alpha value is -1.84. The molecule has 1 amide bonds. The molecule has 0 bridgehead atoms. The molecule has 1 aliphatic rings. The first-order chi connectivity index (χ1) is 14.0. The molecule has 2 rings (SSSR count). The van der Waals surface area contributed by atoms with Crippen LogP contribution in [0.5, 0.6) is 5.75 Å². The third-order valence-corrected chi connectivity index (χ3v) is 6.87. The molecule has 0 spiro atoms. The molecule has 0 aromatic heterocycles. The van der Waals surface area contributed by atoms with Crippen molar-refractivity contribution < 1.29 is 22.7 Å². The molecular formula is C21H35N3O5S. The number of hydrogen-bond donors (Lipinski definition) is 1. The number of rotatable bonds is 7. The highest BCUT2D eigenvalue weighted by Crippen LogP contribution is 2.24. The molecule has 1 aromatic carbocycles. The summed E-state index contributed by atoms with van der Waals surface area (Å²) in [4.78, 5) is 13.9. The Bertz CT molecular complexity index is 797. The van der Waals surface area contributed by atoms with Crippen molar-refractivity contribution in [2.45, 2.75) is 64.6 Å². The average molecular weight is 442 g/mol. The fourth-order valence-electron chi connectivity index (χ4n) is 3.42. The van der Waals surface area contributed by atoms with Crippen LogP contribution in [0.3, 0.4) is 0 Å². The molecule has 1 N–H and O–H groups in total. The fourth-order valence-corrected chi connectivity index (χ4v) is 4.85. The minimum atomic E-state index is -3.68. The summed E-state index contributed by atoms with van der Waals surface area (Å²) in [6.45, 7) is 8.37. The summed E-state index contributed by atoms with van der Waals surface area (Å²) in [5, 5.41) is 0. The van der Waals surface area contributed by atoms with E-state index in [1.54, 1.807) is 19.1 Å². The minimum absolute atomic E-state index is 0.172. The van der Waals surface area contributed by atoms with Gasteiger partial charge in [-0.25, -0.2) is 4.79 Å². The molecular weight excluding hydrogens is 406 g/mol. The number of carbonyl (C=O) groups is 1. The van der Waals surface area contributed by atoms with Crippen LogP contribution in [0, 0.1) is 0 Å². The third kappa shape index (κ3) is 6.58. The second-order valence-electron chi connectivity index (χ2n) is 8.57. The number of benzene rings is 1. The number of amides is 1. The predicted molar refractivity (Wildman–Crippen MR) is 117 cm³/mol. The molecule has 30 heavy (non-hydrogen) atoms. The van der Waals surface area contributed by atoms with Crippen molar-refractivity contribution in [1.82, 2.24) is 13.9 Å². The van der Waals surface area contributed by atoms with Gasteiger partial charge in [-0.1, -0.05) is 19.1 Å². The van der Waals surface area contributed by atoms with E-state index in [1.807, 2.05) is 52.0 Å². The van der Waals surface area contributed by atoms with Gasteiger partial charge < -0.3 is 14.4 Å². The van der Waals surface area contributed by atoms with E-state index in [-0.39, 0.29) is 18.2 Å². The summed E-state index contributed by atoms with van der Waals surface area (Å²) in [7, 11) is -0.495. The van der Waals surface area contributed by atoms with E-state index < -0.39 is 15.8 Å². The molecule has 9 heteroatoms. The van der Waals surface area contributed by atoms with Gasteiger partial charge in [0, 0.05) is 32.2 Å². The number of nitrogens with zero attached hydrogens (tertiary/aromatic N) is 2. The number of nitrogens with one attached hydrogen (secondary N) is 1. The standard InChI is InChI=1S/C21H35N3O5S/c1-7-19(16-8-10-18(28-6)11-9-16)22-30(26,27)23(5)17-12-14-24(15-13-17)20(25)29-21(2,3)4/h8-11,17,19,22H,7,12-15H2,1-6H3/t19-/m1/s1. The Morgan fingerprint density at radius 1 is 1.23 bits per heavy atom. The highest BCUT2D eigenvalue weighted by molar-refractivity contribution is 7.87. The first kappa shape index (κ1) is 24.4. The zero-order chi connectivity index (χ0) is 22.5. The molecule has 1 aromatic rings. The Labute approximate surface area is 180 Å². The van der Waals surface area contributed by atoms with Crippen LogP contribution in [0.2, 0.25) is 0 Å². The van der Waals surface area contributed by atoms with Crippen LogP contribution in [0.15, 0.2) is 24.3 Å². The maximum Gasteiger partial charge on any atom is 0.410 e. The number of carbonyl (C=O) groups excluding carboxylic acids is 1. The van der Waals surface area contributed by atoms with Crippen molar-refractivity contribution in [2.75, 3.05) is 27.2 Å². The summed E-state index contributed by atoms with van der Waals surface area (Å²) in [5.41, 5.74) is 0.337. The number of methoxy groups -OCH3 is 1. The van der Waals surface area contributed by atoms with Crippen molar-refractivity contribution in [1.29, 1.82) is 0 Å². The van der Waals surface area contributed by atoms with E-state index in [0.717, 1.165) is 11.3 Å².